The number of esters is 1. The fraction of sp³-hybridized carbons (Fsp3) is 0.588. The van der Waals surface area contributed by atoms with Crippen molar-refractivity contribution in [1.29, 1.82) is 0 Å². The third-order valence-corrected chi connectivity index (χ3v) is 3.22. The van der Waals surface area contributed by atoms with E-state index in [9.17, 15) is 4.79 Å². The smallest absolute Gasteiger partial charge is 0.320 e. The van der Waals surface area contributed by atoms with Gasteiger partial charge in [0.2, 0.25) is 0 Å². The van der Waals surface area contributed by atoms with Gasteiger partial charge in [0.1, 0.15) is 6.61 Å². The fourth-order valence-corrected chi connectivity index (χ4v) is 1.99. The quantitative estimate of drug-likeness (QED) is 0.326. The van der Waals surface area contributed by atoms with Crippen LogP contribution in [0.3, 0.4) is 0 Å². The summed E-state index contributed by atoms with van der Waals surface area (Å²) in [5.74, 6) is -0.267. The Hall–Kier alpha value is -0.640. The summed E-state index contributed by atoms with van der Waals surface area (Å²) >= 11 is 0. The molecule has 1 aromatic carbocycles. The SMILES string of the molecule is Cl.Cl.Cl.NCCOCCN(CCOCCN)CC(=O)OCc1ccccc1. The summed E-state index contributed by atoms with van der Waals surface area (Å²) in [6.45, 7) is 4.73. The molecule has 0 aliphatic rings. The van der Waals surface area contributed by atoms with Gasteiger partial charge in [-0.1, -0.05) is 30.3 Å². The summed E-state index contributed by atoms with van der Waals surface area (Å²) in [6.07, 6.45) is 0. The summed E-state index contributed by atoms with van der Waals surface area (Å²) in [6, 6.07) is 9.60. The molecular formula is C17H32Cl3N3O4. The lowest BCUT2D eigenvalue weighted by Crippen LogP contribution is -2.36. The Morgan fingerprint density at radius 1 is 0.852 bits per heavy atom. The largest absolute Gasteiger partial charge is 0.460 e. The number of carbonyl (C=O) groups is 1. The van der Waals surface area contributed by atoms with Crippen LogP contribution in [0.15, 0.2) is 30.3 Å². The number of rotatable bonds is 14. The Labute approximate surface area is 180 Å². The maximum absolute atomic E-state index is 12.0. The highest BCUT2D eigenvalue weighted by molar-refractivity contribution is 5.86. The van der Waals surface area contributed by atoms with Crippen LogP contribution in [-0.4, -0.2) is 70.0 Å². The predicted octanol–water partition coefficient (Wildman–Crippen LogP) is 1.25. The number of ether oxygens (including phenoxy) is 3. The highest BCUT2D eigenvalue weighted by Crippen LogP contribution is 2.01. The van der Waals surface area contributed by atoms with Crippen LogP contribution in [0.5, 0.6) is 0 Å². The van der Waals surface area contributed by atoms with Crippen molar-refractivity contribution < 1.29 is 19.0 Å². The Bertz CT molecular complexity index is 433. The van der Waals surface area contributed by atoms with Crippen LogP contribution in [0.1, 0.15) is 5.56 Å². The van der Waals surface area contributed by atoms with Gasteiger partial charge in [0.15, 0.2) is 0 Å². The van der Waals surface area contributed by atoms with E-state index >= 15 is 0 Å². The lowest BCUT2D eigenvalue weighted by Gasteiger charge is -2.21. The monoisotopic (exact) mass is 447 g/mol. The molecule has 27 heavy (non-hydrogen) atoms. The minimum absolute atomic E-state index is 0. The molecule has 10 heteroatoms. The molecule has 0 heterocycles. The first-order valence-electron chi connectivity index (χ1n) is 8.23. The standard InChI is InChI=1S/C17H29N3O4.3ClH/c18-6-10-22-12-8-20(9-13-23-11-7-19)14-17(21)24-15-16-4-2-1-3-5-16;;;/h1-5H,6-15,18-19H2;3*1H. The van der Waals surface area contributed by atoms with Crippen molar-refractivity contribution in [2.24, 2.45) is 11.5 Å². The topological polar surface area (TPSA) is 100 Å². The van der Waals surface area contributed by atoms with Crippen molar-refractivity contribution in [3.8, 4) is 0 Å². The number of hydrogen-bond acceptors (Lipinski definition) is 7. The number of nitrogens with two attached hydrogens (primary N) is 2. The van der Waals surface area contributed by atoms with Gasteiger partial charge in [-0.05, 0) is 5.56 Å². The van der Waals surface area contributed by atoms with Gasteiger partial charge in [0, 0.05) is 26.2 Å². The third kappa shape index (κ3) is 17.2. The number of hydrogen-bond donors (Lipinski definition) is 2. The zero-order valence-electron chi connectivity index (χ0n) is 15.4. The average Bonchev–Trinajstić information content (AvgIpc) is 2.61. The van der Waals surface area contributed by atoms with Crippen LogP contribution in [0.25, 0.3) is 0 Å². The molecule has 1 rings (SSSR count). The molecule has 0 aromatic heterocycles. The maximum Gasteiger partial charge on any atom is 0.320 e. The van der Waals surface area contributed by atoms with E-state index < -0.39 is 0 Å². The van der Waals surface area contributed by atoms with Gasteiger partial charge in [0.25, 0.3) is 0 Å². The van der Waals surface area contributed by atoms with Gasteiger partial charge in [-0.25, -0.2) is 0 Å². The molecule has 1 aromatic rings. The summed E-state index contributed by atoms with van der Waals surface area (Å²) in [5, 5.41) is 0. The number of nitrogens with zero attached hydrogens (tertiary/aromatic N) is 1. The van der Waals surface area contributed by atoms with Gasteiger partial charge in [-0.3, -0.25) is 9.69 Å². The lowest BCUT2D eigenvalue weighted by molar-refractivity contribution is -0.146. The van der Waals surface area contributed by atoms with E-state index in [0.717, 1.165) is 5.56 Å². The number of benzene rings is 1. The first-order chi connectivity index (χ1) is 11.8. The zero-order valence-corrected chi connectivity index (χ0v) is 17.9. The molecule has 0 bridgehead atoms. The normalized spacial score (nSPS) is 9.74. The second-order valence-electron chi connectivity index (χ2n) is 5.22. The van der Waals surface area contributed by atoms with Crippen LogP contribution in [0.2, 0.25) is 0 Å². The molecule has 0 fully saturated rings. The summed E-state index contributed by atoms with van der Waals surface area (Å²) in [4.78, 5) is 14.0. The maximum atomic E-state index is 12.0. The fourth-order valence-electron chi connectivity index (χ4n) is 1.99. The van der Waals surface area contributed by atoms with Gasteiger partial charge in [-0.15, -0.1) is 37.2 Å². The van der Waals surface area contributed by atoms with Gasteiger partial charge in [0.05, 0.1) is 33.0 Å². The molecule has 0 amide bonds. The lowest BCUT2D eigenvalue weighted by atomic mass is 10.2. The first-order valence-corrected chi connectivity index (χ1v) is 8.23. The molecule has 0 atom stereocenters. The van der Waals surface area contributed by atoms with E-state index in [0.29, 0.717) is 52.6 Å². The van der Waals surface area contributed by atoms with Crippen LogP contribution in [0.4, 0.5) is 0 Å². The van der Waals surface area contributed by atoms with Crippen LogP contribution in [-0.2, 0) is 25.6 Å². The van der Waals surface area contributed by atoms with E-state index in [-0.39, 0.29) is 56.3 Å². The van der Waals surface area contributed by atoms with E-state index in [4.69, 9.17) is 25.7 Å². The van der Waals surface area contributed by atoms with Crippen LogP contribution < -0.4 is 11.5 Å². The predicted molar refractivity (Wildman–Crippen MR) is 114 cm³/mol. The molecule has 0 saturated carbocycles. The highest BCUT2D eigenvalue weighted by atomic mass is 35.5. The van der Waals surface area contributed by atoms with Crippen molar-refractivity contribution >= 4 is 43.2 Å². The Balaban J connectivity index is -0.00000192. The molecule has 4 N–H and O–H groups in total. The summed E-state index contributed by atoms with van der Waals surface area (Å²) in [5.41, 5.74) is 11.7. The molecule has 0 spiro atoms. The Morgan fingerprint density at radius 2 is 1.37 bits per heavy atom. The second-order valence-corrected chi connectivity index (χ2v) is 5.22. The van der Waals surface area contributed by atoms with E-state index in [1.165, 1.54) is 0 Å². The van der Waals surface area contributed by atoms with Gasteiger partial charge in [-0.2, -0.15) is 0 Å². The Morgan fingerprint density at radius 3 is 1.85 bits per heavy atom. The summed E-state index contributed by atoms with van der Waals surface area (Å²) in [7, 11) is 0. The minimum Gasteiger partial charge on any atom is -0.460 e. The molecule has 160 valence electrons. The average molecular weight is 449 g/mol. The van der Waals surface area contributed by atoms with Crippen LogP contribution in [0, 0.1) is 0 Å². The highest BCUT2D eigenvalue weighted by Gasteiger charge is 2.12. The third-order valence-electron chi connectivity index (χ3n) is 3.22. The van der Waals surface area contributed by atoms with Gasteiger partial charge >= 0.3 is 5.97 Å². The summed E-state index contributed by atoms with van der Waals surface area (Å²) < 4.78 is 16.1. The molecular weight excluding hydrogens is 417 g/mol. The van der Waals surface area contributed by atoms with Crippen LogP contribution >= 0.6 is 37.2 Å². The van der Waals surface area contributed by atoms with Crippen molar-refractivity contribution in [1.82, 2.24) is 4.90 Å². The minimum atomic E-state index is -0.267. The number of carbonyl (C=O) groups excluding carboxylic acids is 1. The molecule has 0 aliphatic heterocycles. The second kappa shape index (κ2) is 21.7. The van der Waals surface area contributed by atoms with E-state index in [2.05, 4.69) is 0 Å². The molecule has 0 radical (unpaired) electrons. The first kappa shape index (κ1) is 31.1. The zero-order chi connectivity index (χ0) is 17.5. The van der Waals surface area contributed by atoms with Crippen molar-refractivity contribution in [2.45, 2.75) is 6.61 Å². The number of halogens is 3. The van der Waals surface area contributed by atoms with E-state index in [1.54, 1.807) is 0 Å². The Kier molecular flexibility index (Phi) is 24.9. The van der Waals surface area contributed by atoms with Gasteiger partial charge < -0.3 is 25.7 Å². The van der Waals surface area contributed by atoms with Crippen molar-refractivity contribution in [3.05, 3.63) is 35.9 Å². The van der Waals surface area contributed by atoms with Crippen molar-refractivity contribution in [3.63, 3.8) is 0 Å². The van der Waals surface area contributed by atoms with Crippen molar-refractivity contribution in [2.75, 3.05) is 59.2 Å². The molecule has 0 saturated heterocycles. The molecule has 0 aliphatic carbocycles. The molecule has 0 unspecified atom stereocenters. The van der Waals surface area contributed by atoms with E-state index in [1.807, 2.05) is 35.2 Å². The molecule has 7 nitrogen and oxygen atoms in total.